The first-order valence-electron chi connectivity index (χ1n) is 6.88. The van der Waals surface area contributed by atoms with E-state index >= 15 is 0 Å². The first-order valence-corrected chi connectivity index (χ1v) is 6.88. The van der Waals surface area contributed by atoms with Crippen LogP contribution in [0.3, 0.4) is 0 Å². The summed E-state index contributed by atoms with van der Waals surface area (Å²) < 4.78 is 0. The normalized spacial score (nSPS) is 27.0. The van der Waals surface area contributed by atoms with Gasteiger partial charge in [-0.1, -0.05) is 12.1 Å². The molecule has 2 aliphatic heterocycles. The van der Waals surface area contributed by atoms with Gasteiger partial charge in [0, 0.05) is 13.1 Å². The van der Waals surface area contributed by atoms with Crippen LogP contribution in [0.1, 0.15) is 40.5 Å². The van der Waals surface area contributed by atoms with Gasteiger partial charge in [-0.2, -0.15) is 0 Å². The zero-order valence-electron chi connectivity index (χ0n) is 11.5. The lowest BCUT2D eigenvalue weighted by Crippen LogP contribution is -2.51. The number of carbonyl (C=O) groups excluding carboxylic acids is 2. The first kappa shape index (κ1) is 13.3. The largest absolute Gasteiger partial charge is 0.389 e. The fraction of sp³-hybridized carbons (Fsp3) is 0.467. The molecule has 2 aliphatic rings. The van der Waals surface area contributed by atoms with Crippen LogP contribution in [0, 0.1) is 0 Å². The summed E-state index contributed by atoms with van der Waals surface area (Å²) in [6, 6.07) is 6.89. The van der Waals surface area contributed by atoms with Crippen LogP contribution in [-0.4, -0.2) is 52.1 Å². The summed E-state index contributed by atoms with van der Waals surface area (Å²) in [7, 11) is 0. The van der Waals surface area contributed by atoms with E-state index in [2.05, 4.69) is 0 Å². The molecular weight excluding hydrogens is 256 g/mol. The van der Waals surface area contributed by atoms with Crippen LogP contribution in [-0.2, 0) is 0 Å². The van der Waals surface area contributed by atoms with Crippen LogP contribution in [0.25, 0.3) is 0 Å². The second-order valence-electron chi connectivity index (χ2n) is 5.88. The molecule has 106 valence electrons. The Balaban J connectivity index is 1.77. The Bertz CT molecular complexity index is 533. The predicted molar refractivity (Wildman–Crippen MR) is 73.2 cm³/mol. The van der Waals surface area contributed by atoms with Gasteiger partial charge in [0.05, 0.1) is 23.4 Å². The van der Waals surface area contributed by atoms with Gasteiger partial charge in [0.1, 0.15) is 0 Å². The number of imide groups is 1. The highest BCUT2D eigenvalue weighted by Gasteiger charge is 2.37. The molecule has 1 saturated heterocycles. The van der Waals surface area contributed by atoms with Crippen LogP contribution in [0.5, 0.6) is 0 Å². The number of carbonyl (C=O) groups is 2. The van der Waals surface area contributed by atoms with E-state index in [4.69, 9.17) is 0 Å². The third-order valence-electron chi connectivity index (χ3n) is 3.97. The minimum absolute atomic E-state index is 0.240. The smallest absolute Gasteiger partial charge is 0.262 e. The molecule has 1 aromatic rings. The molecule has 0 spiro atoms. The van der Waals surface area contributed by atoms with Gasteiger partial charge >= 0.3 is 0 Å². The van der Waals surface area contributed by atoms with E-state index in [0.717, 1.165) is 19.4 Å². The number of benzene rings is 1. The highest BCUT2D eigenvalue weighted by atomic mass is 16.3. The van der Waals surface area contributed by atoms with Crippen LogP contribution in [0.2, 0.25) is 0 Å². The van der Waals surface area contributed by atoms with Crippen molar-refractivity contribution in [2.24, 2.45) is 0 Å². The minimum Gasteiger partial charge on any atom is -0.389 e. The van der Waals surface area contributed by atoms with E-state index in [9.17, 15) is 14.7 Å². The number of likely N-dealkylation sites (tertiary alicyclic amines) is 1. The summed E-state index contributed by atoms with van der Waals surface area (Å²) in [5.74, 6) is -0.480. The molecule has 2 amide bonds. The number of nitrogens with zero attached hydrogens (tertiary/aromatic N) is 2. The van der Waals surface area contributed by atoms with E-state index in [1.165, 1.54) is 4.90 Å². The van der Waals surface area contributed by atoms with Gasteiger partial charge in [-0.15, -0.1) is 0 Å². The standard InChI is InChI=1S/C15H18N2O3/c1-15(20)7-4-8-16(9-15)10-17-13(18)11-5-2-3-6-12(11)14(17)19/h2-3,5-6,20H,4,7-10H2,1H3. The highest BCUT2D eigenvalue weighted by Crippen LogP contribution is 2.25. The molecule has 0 radical (unpaired) electrons. The lowest BCUT2D eigenvalue weighted by molar-refractivity contribution is -0.0276. The number of aliphatic hydroxyl groups is 1. The molecule has 3 rings (SSSR count). The van der Waals surface area contributed by atoms with Crippen molar-refractivity contribution in [3.8, 4) is 0 Å². The van der Waals surface area contributed by atoms with Gasteiger partial charge in [-0.05, 0) is 31.9 Å². The lowest BCUT2D eigenvalue weighted by Gasteiger charge is -2.38. The molecule has 1 fully saturated rings. The zero-order valence-corrected chi connectivity index (χ0v) is 11.5. The maximum atomic E-state index is 12.3. The number of fused-ring (bicyclic) bond motifs is 1. The summed E-state index contributed by atoms with van der Waals surface area (Å²) in [6.07, 6.45) is 1.63. The van der Waals surface area contributed by atoms with Crippen LogP contribution >= 0.6 is 0 Å². The SMILES string of the molecule is CC1(O)CCCN(CN2C(=O)c3ccccc3C2=O)C1. The van der Waals surface area contributed by atoms with E-state index in [-0.39, 0.29) is 18.5 Å². The van der Waals surface area contributed by atoms with Crippen molar-refractivity contribution in [3.05, 3.63) is 35.4 Å². The average molecular weight is 274 g/mol. The van der Waals surface area contributed by atoms with E-state index in [1.54, 1.807) is 31.2 Å². The Morgan fingerprint density at radius 1 is 1.20 bits per heavy atom. The van der Waals surface area contributed by atoms with Crippen molar-refractivity contribution in [3.63, 3.8) is 0 Å². The Morgan fingerprint density at radius 3 is 2.35 bits per heavy atom. The number of β-amino-alcohol motifs (C(OH)–C–C–N with tert-alkyl or cyclic N) is 1. The number of piperidine rings is 1. The quantitative estimate of drug-likeness (QED) is 0.820. The molecule has 5 heteroatoms. The molecule has 1 atom stereocenters. The summed E-state index contributed by atoms with van der Waals surface area (Å²) in [6.45, 7) is 3.33. The molecular formula is C15H18N2O3. The Hall–Kier alpha value is -1.72. The van der Waals surface area contributed by atoms with E-state index in [0.29, 0.717) is 17.7 Å². The number of hydrogen-bond donors (Lipinski definition) is 1. The molecule has 1 aromatic carbocycles. The summed E-state index contributed by atoms with van der Waals surface area (Å²) in [5, 5.41) is 10.1. The Kier molecular flexibility index (Phi) is 3.11. The molecule has 0 saturated carbocycles. The second kappa shape index (κ2) is 4.68. The van der Waals surface area contributed by atoms with Crippen molar-refractivity contribution in [1.82, 2.24) is 9.80 Å². The van der Waals surface area contributed by atoms with Crippen molar-refractivity contribution < 1.29 is 14.7 Å². The molecule has 0 aromatic heterocycles. The fourth-order valence-corrected chi connectivity index (χ4v) is 3.01. The topological polar surface area (TPSA) is 60.9 Å². The number of amides is 2. The highest BCUT2D eigenvalue weighted by molar-refractivity contribution is 6.21. The first-order chi connectivity index (χ1) is 9.48. The van der Waals surface area contributed by atoms with Crippen molar-refractivity contribution >= 4 is 11.8 Å². The molecule has 2 heterocycles. The summed E-state index contributed by atoms with van der Waals surface area (Å²) >= 11 is 0. The van der Waals surface area contributed by atoms with Gasteiger partial charge in [0.25, 0.3) is 11.8 Å². The minimum atomic E-state index is -0.739. The number of rotatable bonds is 2. The van der Waals surface area contributed by atoms with Gasteiger partial charge in [0.2, 0.25) is 0 Å². The number of hydrogen-bond acceptors (Lipinski definition) is 4. The van der Waals surface area contributed by atoms with Crippen molar-refractivity contribution in [2.75, 3.05) is 19.8 Å². The third kappa shape index (κ3) is 2.23. The Morgan fingerprint density at radius 2 is 1.80 bits per heavy atom. The van der Waals surface area contributed by atoms with Crippen molar-refractivity contribution in [2.45, 2.75) is 25.4 Å². The Labute approximate surface area is 117 Å². The van der Waals surface area contributed by atoms with Crippen molar-refractivity contribution in [1.29, 1.82) is 0 Å². The van der Waals surface area contributed by atoms with Crippen LogP contribution in [0.4, 0.5) is 0 Å². The lowest BCUT2D eigenvalue weighted by atomic mass is 9.95. The fourth-order valence-electron chi connectivity index (χ4n) is 3.01. The van der Waals surface area contributed by atoms with Crippen LogP contribution in [0.15, 0.2) is 24.3 Å². The van der Waals surface area contributed by atoms with Gasteiger partial charge in [-0.3, -0.25) is 19.4 Å². The third-order valence-corrected chi connectivity index (χ3v) is 3.97. The maximum Gasteiger partial charge on any atom is 0.262 e. The molecule has 1 unspecified atom stereocenters. The van der Waals surface area contributed by atoms with Gasteiger partial charge in [-0.25, -0.2) is 0 Å². The summed E-state index contributed by atoms with van der Waals surface area (Å²) in [5.41, 5.74) is 0.208. The average Bonchev–Trinajstić information content (AvgIpc) is 2.64. The van der Waals surface area contributed by atoms with Gasteiger partial charge in [0.15, 0.2) is 0 Å². The molecule has 0 bridgehead atoms. The molecule has 20 heavy (non-hydrogen) atoms. The monoisotopic (exact) mass is 274 g/mol. The molecule has 0 aliphatic carbocycles. The molecule has 1 N–H and O–H groups in total. The van der Waals surface area contributed by atoms with Crippen LogP contribution < -0.4 is 0 Å². The molecule has 5 nitrogen and oxygen atoms in total. The van der Waals surface area contributed by atoms with E-state index < -0.39 is 5.60 Å². The second-order valence-corrected chi connectivity index (χ2v) is 5.88. The predicted octanol–water partition coefficient (Wildman–Crippen LogP) is 1.09. The summed E-state index contributed by atoms with van der Waals surface area (Å²) in [4.78, 5) is 27.7. The zero-order chi connectivity index (χ0) is 14.3. The van der Waals surface area contributed by atoms with Gasteiger partial charge < -0.3 is 5.11 Å². The van der Waals surface area contributed by atoms with E-state index in [1.807, 2.05) is 4.90 Å². The maximum absolute atomic E-state index is 12.3.